The molecule has 1 saturated carbocycles. The van der Waals surface area contributed by atoms with Crippen LogP contribution < -0.4 is 9.47 Å². The second-order valence-corrected chi connectivity index (χ2v) is 12.7. The minimum atomic E-state index is -2.02. The van der Waals surface area contributed by atoms with Crippen molar-refractivity contribution in [3.05, 3.63) is 29.3 Å². The predicted octanol–water partition coefficient (Wildman–Crippen LogP) is 3.20. The second-order valence-electron chi connectivity index (χ2n) is 11.4. The molecule has 4 aliphatic rings. The maximum Gasteiger partial charge on any atom is 0.253 e. The van der Waals surface area contributed by atoms with E-state index < -0.39 is 50.8 Å². The molecule has 0 aromatic heterocycles. The molecule has 1 aromatic carbocycles. The highest BCUT2D eigenvalue weighted by Gasteiger charge is 2.76. The third-order valence-corrected chi connectivity index (χ3v) is 9.94. The van der Waals surface area contributed by atoms with Gasteiger partial charge >= 0.3 is 0 Å². The van der Waals surface area contributed by atoms with Gasteiger partial charge in [-0.2, -0.15) is 0 Å². The van der Waals surface area contributed by atoms with Gasteiger partial charge in [-0.15, -0.1) is 23.2 Å². The number of phenols is 1. The number of ether oxygens (including phenoxy) is 2. The standard InChI is InChI=1S/C27H30Cl2N2O7/c1-25(2,3)31-21(33)14-8-7-13-15(18(14)22(31)34)11-26(28)23(35)30(4)24(36)27(26,29)20(13)19-16(32)9-12(37-5)10-17(19)38-6/h7,9-10,14-15,18,20,32H,8,11H2,1-6H3/t14-,15+,18-,20+,26+,27-/m0/s1. The first-order valence-corrected chi connectivity index (χ1v) is 13.1. The first-order valence-electron chi connectivity index (χ1n) is 12.4. The fourth-order valence-corrected chi connectivity index (χ4v) is 7.89. The van der Waals surface area contributed by atoms with Crippen molar-refractivity contribution in [3.63, 3.8) is 0 Å². The Labute approximate surface area is 230 Å². The highest BCUT2D eigenvalue weighted by atomic mass is 35.5. The van der Waals surface area contributed by atoms with Crippen molar-refractivity contribution < 1.29 is 33.8 Å². The number of nitrogens with zero attached hydrogens (tertiary/aromatic N) is 2. The van der Waals surface area contributed by atoms with Crippen LogP contribution in [0.2, 0.25) is 0 Å². The van der Waals surface area contributed by atoms with Crippen molar-refractivity contribution in [2.24, 2.45) is 17.8 Å². The van der Waals surface area contributed by atoms with Gasteiger partial charge in [-0.05, 0) is 39.5 Å². The number of phenolic OH excluding ortho intramolecular Hbond substituents is 1. The van der Waals surface area contributed by atoms with Gasteiger partial charge in [-0.25, -0.2) is 0 Å². The van der Waals surface area contributed by atoms with Gasteiger partial charge < -0.3 is 14.6 Å². The van der Waals surface area contributed by atoms with E-state index in [9.17, 15) is 24.3 Å². The summed E-state index contributed by atoms with van der Waals surface area (Å²) in [6, 6.07) is 2.90. The molecule has 1 N–H and O–H groups in total. The van der Waals surface area contributed by atoms with Crippen LogP contribution in [0.5, 0.6) is 17.2 Å². The molecular formula is C27H30Cl2N2O7. The molecule has 4 amide bonds. The number of benzene rings is 1. The van der Waals surface area contributed by atoms with Crippen LogP contribution in [0.25, 0.3) is 0 Å². The number of rotatable bonds is 3. The quantitative estimate of drug-likeness (QED) is 0.340. The monoisotopic (exact) mass is 564 g/mol. The van der Waals surface area contributed by atoms with Gasteiger partial charge in [0.15, 0.2) is 9.75 Å². The van der Waals surface area contributed by atoms with E-state index in [0.717, 1.165) is 4.90 Å². The molecule has 0 bridgehead atoms. The summed E-state index contributed by atoms with van der Waals surface area (Å²) in [5.41, 5.74) is -0.0147. The number of alkyl halides is 2. The van der Waals surface area contributed by atoms with Crippen molar-refractivity contribution in [1.29, 1.82) is 0 Å². The summed E-state index contributed by atoms with van der Waals surface area (Å²) in [5, 5.41) is 11.2. The van der Waals surface area contributed by atoms with Crippen LogP contribution in [-0.2, 0) is 19.2 Å². The average molecular weight is 565 g/mol. The normalized spacial score (nSPS) is 34.7. The number of carbonyl (C=O) groups is 4. The number of imide groups is 2. The number of fused-ring (bicyclic) bond motifs is 4. The maximum absolute atomic E-state index is 13.8. The number of likely N-dealkylation sites (tertiary alicyclic amines) is 2. The third-order valence-electron chi connectivity index (χ3n) is 8.52. The van der Waals surface area contributed by atoms with Crippen LogP contribution in [0, 0.1) is 17.8 Å². The molecule has 5 rings (SSSR count). The highest BCUT2D eigenvalue weighted by molar-refractivity contribution is 6.53. The molecule has 2 aliphatic heterocycles. The Morgan fingerprint density at radius 3 is 2.24 bits per heavy atom. The molecule has 204 valence electrons. The molecule has 0 unspecified atom stereocenters. The topological polar surface area (TPSA) is 113 Å². The van der Waals surface area contributed by atoms with Crippen LogP contribution in [0.15, 0.2) is 23.8 Å². The molecular weight excluding hydrogens is 535 g/mol. The molecule has 9 nitrogen and oxygen atoms in total. The zero-order valence-corrected chi connectivity index (χ0v) is 23.5. The van der Waals surface area contributed by atoms with Crippen LogP contribution >= 0.6 is 23.2 Å². The first kappa shape index (κ1) is 26.8. The number of allylic oxidation sites excluding steroid dienone is 2. The fourth-order valence-electron chi connectivity index (χ4n) is 6.89. The minimum absolute atomic E-state index is 0.118. The van der Waals surface area contributed by atoms with Crippen LogP contribution in [-0.4, -0.2) is 75.1 Å². The molecule has 11 heteroatoms. The van der Waals surface area contributed by atoms with Gasteiger partial charge in [0.1, 0.15) is 17.2 Å². The summed E-state index contributed by atoms with van der Waals surface area (Å²) in [5.74, 6) is -5.05. The summed E-state index contributed by atoms with van der Waals surface area (Å²) >= 11 is 14.3. The Hall–Kier alpha value is -2.78. The number of hydrogen-bond acceptors (Lipinski definition) is 7. The lowest BCUT2D eigenvalue weighted by atomic mass is 9.56. The first-order chi connectivity index (χ1) is 17.6. The Kier molecular flexibility index (Phi) is 5.90. The number of hydrogen-bond donors (Lipinski definition) is 1. The maximum atomic E-state index is 13.8. The van der Waals surface area contributed by atoms with Gasteiger partial charge in [0.05, 0.1) is 26.1 Å². The molecule has 6 atom stereocenters. The molecule has 3 fully saturated rings. The third kappa shape index (κ3) is 3.18. The van der Waals surface area contributed by atoms with E-state index in [-0.39, 0.29) is 41.7 Å². The van der Waals surface area contributed by atoms with Crippen LogP contribution in [0.1, 0.15) is 45.1 Å². The van der Waals surface area contributed by atoms with E-state index in [2.05, 4.69) is 0 Å². The zero-order chi connectivity index (χ0) is 28.1. The van der Waals surface area contributed by atoms with Crippen molar-refractivity contribution in [3.8, 4) is 17.2 Å². The van der Waals surface area contributed by atoms with Crippen LogP contribution in [0.3, 0.4) is 0 Å². The van der Waals surface area contributed by atoms with Crippen molar-refractivity contribution >= 4 is 46.8 Å². The summed E-state index contributed by atoms with van der Waals surface area (Å²) in [6.07, 6.45) is 1.93. The summed E-state index contributed by atoms with van der Waals surface area (Å²) < 4.78 is 10.9. The number of methoxy groups -OCH3 is 2. The van der Waals surface area contributed by atoms with E-state index >= 15 is 0 Å². The molecule has 0 radical (unpaired) electrons. The van der Waals surface area contributed by atoms with Crippen molar-refractivity contribution in [1.82, 2.24) is 9.80 Å². The van der Waals surface area contributed by atoms with Gasteiger partial charge in [0.2, 0.25) is 11.8 Å². The summed E-state index contributed by atoms with van der Waals surface area (Å²) in [7, 11) is 4.14. The van der Waals surface area contributed by atoms with E-state index in [1.165, 1.54) is 38.3 Å². The predicted molar refractivity (Wildman–Crippen MR) is 138 cm³/mol. The lowest BCUT2D eigenvalue weighted by Crippen LogP contribution is -2.60. The number of carbonyl (C=O) groups excluding carboxylic acids is 4. The molecule has 0 spiro atoms. The Balaban J connectivity index is 1.78. The molecule has 2 aliphatic carbocycles. The number of amides is 4. The van der Waals surface area contributed by atoms with Gasteiger partial charge in [0.25, 0.3) is 11.8 Å². The van der Waals surface area contributed by atoms with E-state index in [4.69, 9.17) is 32.7 Å². The summed E-state index contributed by atoms with van der Waals surface area (Å²) in [4.78, 5) is 52.6. The van der Waals surface area contributed by atoms with Gasteiger partial charge in [0, 0.05) is 36.2 Å². The van der Waals surface area contributed by atoms with Crippen molar-refractivity contribution in [2.75, 3.05) is 21.3 Å². The molecule has 2 heterocycles. The Morgan fingerprint density at radius 2 is 1.66 bits per heavy atom. The Bertz CT molecular complexity index is 1320. The van der Waals surface area contributed by atoms with Gasteiger partial charge in [-0.3, -0.25) is 29.0 Å². The zero-order valence-electron chi connectivity index (χ0n) is 22.0. The SMILES string of the molecule is COc1cc(O)c([C@H]2C3=CC[C@@H]4C(=O)N(C(C)(C)C)C(=O)[C@@H]4[C@@H]3C[C@@]3(Cl)C(=O)N(C)C(=O)[C@@]23Cl)c(OC)c1. The van der Waals surface area contributed by atoms with E-state index in [1.54, 1.807) is 20.8 Å². The second kappa shape index (κ2) is 8.36. The van der Waals surface area contributed by atoms with E-state index in [1.807, 2.05) is 6.08 Å². The smallest absolute Gasteiger partial charge is 0.253 e. The van der Waals surface area contributed by atoms with Crippen molar-refractivity contribution in [2.45, 2.75) is 54.8 Å². The lowest BCUT2D eigenvalue weighted by molar-refractivity contribution is -0.146. The fraction of sp³-hybridized carbons (Fsp3) is 0.556. The average Bonchev–Trinajstić information content (AvgIpc) is 3.19. The summed E-state index contributed by atoms with van der Waals surface area (Å²) in [6.45, 7) is 5.37. The number of halogens is 2. The lowest BCUT2D eigenvalue weighted by Gasteiger charge is -2.51. The highest BCUT2D eigenvalue weighted by Crippen LogP contribution is 2.67. The molecule has 38 heavy (non-hydrogen) atoms. The van der Waals surface area contributed by atoms with Gasteiger partial charge in [-0.1, -0.05) is 11.6 Å². The Morgan fingerprint density at radius 1 is 1.00 bits per heavy atom. The molecule has 1 aromatic rings. The number of aromatic hydroxyl groups is 1. The van der Waals surface area contributed by atoms with E-state index in [0.29, 0.717) is 11.3 Å². The minimum Gasteiger partial charge on any atom is -0.507 e. The molecule has 2 saturated heterocycles. The largest absolute Gasteiger partial charge is 0.507 e. The van der Waals surface area contributed by atoms with Crippen LogP contribution in [0.4, 0.5) is 0 Å².